The van der Waals surface area contributed by atoms with Crippen LogP contribution in [0.5, 0.6) is 0 Å². The zero-order chi connectivity index (χ0) is 25.1. The molecule has 0 unspecified atom stereocenters. The van der Waals surface area contributed by atoms with Gasteiger partial charge in [-0.25, -0.2) is 0 Å². The number of pyridine rings is 1. The molecule has 0 bridgehead atoms. The van der Waals surface area contributed by atoms with Crippen LogP contribution in [0, 0.1) is 0 Å². The molecule has 0 fully saturated rings. The molecule has 0 aliphatic carbocycles. The molecule has 3 aromatic heterocycles. The number of hydrogen-bond donors (Lipinski definition) is 0. The van der Waals surface area contributed by atoms with E-state index in [9.17, 15) is 0 Å². The van der Waals surface area contributed by atoms with Crippen molar-refractivity contribution in [2.75, 3.05) is 0 Å². The Morgan fingerprint density at radius 3 is 1.87 bits per heavy atom. The second-order valence-corrected chi connectivity index (χ2v) is 9.66. The molecule has 178 valence electrons. The van der Waals surface area contributed by atoms with Crippen molar-refractivity contribution in [3.05, 3.63) is 140 Å². The summed E-state index contributed by atoms with van der Waals surface area (Å²) in [6.45, 7) is 0. The van der Waals surface area contributed by atoms with Crippen LogP contribution in [0.1, 0.15) is 0 Å². The first-order valence-corrected chi connectivity index (χ1v) is 12.9. The SMILES string of the molecule is c1ccc(-n2c3ccc(-c4cccc5c4c4ccccc4n5-c4ccccc4)cc3c3ncccc32)cc1. The Morgan fingerprint density at radius 2 is 1.08 bits per heavy atom. The Morgan fingerprint density at radius 1 is 0.447 bits per heavy atom. The van der Waals surface area contributed by atoms with Crippen LogP contribution < -0.4 is 0 Å². The molecule has 0 amide bonds. The molecule has 0 saturated heterocycles. The topological polar surface area (TPSA) is 22.8 Å². The minimum atomic E-state index is 1.02. The van der Waals surface area contributed by atoms with Crippen molar-refractivity contribution in [2.45, 2.75) is 0 Å². The standard InChI is InChI=1S/C35H23N3/c1-3-11-25(12-4-1)37-30-17-8-7-15-28(30)34-27(16-9-18-32(34)37)24-20-21-31-29(23-24)35-33(19-10-22-36-35)38(31)26-13-5-2-6-14-26/h1-23H. The normalized spacial score (nSPS) is 11.7. The summed E-state index contributed by atoms with van der Waals surface area (Å²) >= 11 is 0. The molecule has 5 aromatic carbocycles. The molecule has 0 spiro atoms. The molecule has 0 aliphatic rings. The van der Waals surface area contributed by atoms with E-state index in [4.69, 9.17) is 4.98 Å². The highest BCUT2D eigenvalue weighted by atomic mass is 15.0. The Kier molecular flexibility index (Phi) is 4.52. The monoisotopic (exact) mass is 485 g/mol. The molecule has 8 rings (SSSR count). The van der Waals surface area contributed by atoms with Gasteiger partial charge in [0, 0.05) is 33.7 Å². The van der Waals surface area contributed by atoms with E-state index in [1.54, 1.807) is 0 Å². The molecule has 0 radical (unpaired) electrons. The van der Waals surface area contributed by atoms with Gasteiger partial charge in [-0.1, -0.05) is 72.8 Å². The first-order chi connectivity index (χ1) is 18.9. The van der Waals surface area contributed by atoms with Gasteiger partial charge in [0.05, 0.1) is 27.6 Å². The van der Waals surface area contributed by atoms with E-state index in [2.05, 4.69) is 137 Å². The summed E-state index contributed by atoms with van der Waals surface area (Å²) in [7, 11) is 0. The van der Waals surface area contributed by atoms with E-state index in [1.165, 1.54) is 38.6 Å². The van der Waals surface area contributed by atoms with Gasteiger partial charge in [0.1, 0.15) is 0 Å². The molecule has 0 aliphatic heterocycles. The molecule has 3 nitrogen and oxygen atoms in total. The maximum Gasteiger partial charge on any atom is 0.0963 e. The lowest BCUT2D eigenvalue weighted by Crippen LogP contribution is -1.93. The van der Waals surface area contributed by atoms with Crippen molar-refractivity contribution in [2.24, 2.45) is 0 Å². The molecule has 8 aromatic rings. The Hall–Kier alpha value is -5.15. The molecule has 38 heavy (non-hydrogen) atoms. The van der Waals surface area contributed by atoms with Crippen LogP contribution in [0.4, 0.5) is 0 Å². The largest absolute Gasteiger partial charge is 0.309 e. The lowest BCUT2D eigenvalue weighted by molar-refractivity contribution is 1.18. The third-order valence-corrected chi connectivity index (χ3v) is 7.56. The highest BCUT2D eigenvalue weighted by Crippen LogP contribution is 2.40. The van der Waals surface area contributed by atoms with Crippen LogP contribution in [0.25, 0.3) is 66.2 Å². The van der Waals surface area contributed by atoms with Crippen molar-refractivity contribution in [3.63, 3.8) is 0 Å². The van der Waals surface area contributed by atoms with Crippen molar-refractivity contribution >= 4 is 43.7 Å². The van der Waals surface area contributed by atoms with E-state index in [1.807, 2.05) is 12.3 Å². The number of benzene rings is 5. The Labute approximate surface area is 219 Å². The van der Waals surface area contributed by atoms with Gasteiger partial charge >= 0.3 is 0 Å². The summed E-state index contributed by atoms with van der Waals surface area (Å²) < 4.78 is 4.68. The first kappa shape index (κ1) is 21.0. The summed E-state index contributed by atoms with van der Waals surface area (Å²) in [6, 6.07) is 47.5. The Bertz CT molecular complexity index is 2120. The molecule has 0 saturated carbocycles. The lowest BCUT2D eigenvalue weighted by Gasteiger charge is -2.10. The maximum atomic E-state index is 4.82. The van der Waals surface area contributed by atoms with Gasteiger partial charge in [-0.05, 0) is 71.8 Å². The van der Waals surface area contributed by atoms with Crippen LogP contribution in [0.2, 0.25) is 0 Å². The third-order valence-electron chi connectivity index (χ3n) is 7.56. The number of aromatic nitrogens is 3. The summed E-state index contributed by atoms with van der Waals surface area (Å²) in [5, 5.41) is 3.68. The summed E-state index contributed by atoms with van der Waals surface area (Å²) in [5.74, 6) is 0. The minimum absolute atomic E-state index is 1.02. The number of fused-ring (bicyclic) bond motifs is 6. The summed E-state index contributed by atoms with van der Waals surface area (Å²) in [4.78, 5) is 4.82. The van der Waals surface area contributed by atoms with Crippen LogP contribution in [-0.4, -0.2) is 14.1 Å². The van der Waals surface area contributed by atoms with Gasteiger partial charge in [-0.2, -0.15) is 0 Å². The van der Waals surface area contributed by atoms with Gasteiger partial charge in [-0.3, -0.25) is 4.98 Å². The molecule has 3 heteroatoms. The average Bonchev–Trinajstić information content (AvgIpc) is 3.51. The minimum Gasteiger partial charge on any atom is -0.309 e. The smallest absolute Gasteiger partial charge is 0.0963 e. The van der Waals surface area contributed by atoms with Crippen LogP contribution in [0.15, 0.2) is 140 Å². The molecular formula is C35H23N3. The highest BCUT2D eigenvalue weighted by molar-refractivity contribution is 6.17. The van der Waals surface area contributed by atoms with Gasteiger partial charge < -0.3 is 9.13 Å². The van der Waals surface area contributed by atoms with E-state index in [0.717, 1.165) is 27.6 Å². The number of nitrogens with zero attached hydrogens (tertiary/aromatic N) is 3. The maximum absolute atomic E-state index is 4.82. The second kappa shape index (κ2) is 8.19. The molecule has 3 heterocycles. The lowest BCUT2D eigenvalue weighted by atomic mass is 9.98. The van der Waals surface area contributed by atoms with Gasteiger partial charge in [-0.15, -0.1) is 0 Å². The van der Waals surface area contributed by atoms with Gasteiger partial charge in [0.25, 0.3) is 0 Å². The Balaban J connectivity index is 1.44. The summed E-state index contributed by atoms with van der Waals surface area (Å²) in [5.41, 5.74) is 10.4. The van der Waals surface area contributed by atoms with Crippen molar-refractivity contribution in [3.8, 4) is 22.5 Å². The molecule has 0 N–H and O–H groups in total. The van der Waals surface area contributed by atoms with Crippen LogP contribution in [-0.2, 0) is 0 Å². The van der Waals surface area contributed by atoms with Gasteiger partial charge in [0.15, 0.2) is 0 Å². The second-order valence-electron chi connectivity index (χ2n) is 9.66. The number of para-hydroxylation sites is 3. The van der Waals surface area contributed by atoms with E-state index in [0.29, 0.717) is 0 Å². The predicted molar refractivity (Wildman–Crippen MR) is 158 cm³/mol. The third kappa shape index (κ3) is 2.99. The fraction of sp³-hybridized carbons (Fsp3) is 0. The zero-order valence-corrected chi connectivity index (χ0v) is 20.6. The van der Waals surface area contributed by atoms with Gasteiger partial charge in [0.2, 0.25) is 0 Å². The van der Waals surface area contributed by atoms with E-state index < -0.39 is 0 Å². The average molecular weight is 486 g/mol. The van der Waals surface area contributed by atoms with Crippen LogP contribution in [0.3, 0.4) is 0 Å². The van der Waals surface area contributed by atoms with E-state index in [-0.39, 0.29) is 0 Å². The summed E-state index contributed by atoms with van der Waals surface area (Å²) in [6.07, 6.45) is 1.89. The number of hydrogen-bond acceptors (Lipinski definition) is 1. The van der Waals surface area contributed by atoms with Crippen LogP contribution >= 0.6 is 0 Å². The number of rotatable bonds is 3. The fourth-order valence-corrected chi connectivity index (χ4v) is 5.97. The van der Waals surface area contributed by atoms with Crippen molar-refractivity contribution in [1.29, 1.82) is 0 Å². The molecular weight excluding hydrogens is 462 g/mol. The quantitative estimate of drug-likeness (QED) is 0.245. The van der Waals surface area contributed by atoms with Crippen molar-refractivity contribution in [1.82, 2.24) is 14.1 Å². The predicted octanol–water partition coefficient (Wildman–Crippen LogP) is 8.94. The zero-order valence-electron chi connectivity index (χ0n) is 20.6. The molecule has 0 atom stereocenters. The van der Waals surface area contributed by atoms with Crippen molar-refractivity contribution < 1.29 is 0 Å². The first-order valence-electron chi connectivity index (χ1n) is 12.9. The highest BCUT2D eigenvalue weighted by Gasteiger charge is 2.18. The van der Waals surface area contributed by atoms with E-state index >= 15 is 0 Å². The fourth-order valence-electron chi connectivity index (χ4n) is 5.97.